The quantitative estimate of drug-likeness (QED) is 0.734. The highest BCUT2D eigenvalue weighted by atomic mass is 16.6. The lowest BCUT2D eigenvalue weighted by Crippen LogP contribution is -2.41. The second kappa shape index (κ2) is 7.04. The largest absolute Gasteiger partial charge is 0.459 e. The van der Waals surface area contributed by atoms with E-state index in [2.05, 4.69) is 0 Å². The van der Waals surface area contributed by atoms with E-state index < -0.39 is 35.2 Å². The van der Waals surface area contributed by atoms with Gasteiger partial charge in [0.25, 0.3) is 0 Å². The molecule has 6 nitrogen and oxygen atoms in total. The van der Waals surface area contributed by atoms with Crippen molar-refractivity contribution in [3.63, 3.8) is 0 Å². The SMILES string of the molecule is CC(C)(C)OC(=O)C(N)CCC(N)C(=O)OC(C)(C)C. The fraction of sp³-hybridized carbons (Fsp3) is 0.857. The van der Waals surface area contributed by atoms with Crippen molar-refractivity contribution in [2.75, 3.05) is 0 Å². The number of rotatable bonds is 5. The number of carbonyl (C=O) groups excluding carboxylic acids is 2. The first-order valence-corrected chi connectivity index (χ1v) is 6.79. The molecule has 0 amide bonds. The molecule has 0 heterocycles. The van der Waals surface area contributed by atoms with E-state index in [9.17, 15) is 9.59 Å². The highest BCUT2D eigenvalue weighted by Crippen LogP contribution is 2.12. The van der Waals surface area contributed by atoms with Gasteiger partial charge in [-0.05, 0) is 54.4 Å². The molecule has 118 valence electrons. The summed E-state index contributed by atoms with van der Waals surface area (Å²) in [5, 5.41) is 0. The van der Waals surface area contributed by atoms with E-state index in [0.717, 1.165) is 0 Å². The Morgan fingerprint density at radius 1 is 0.800 bits per heavy atom. The zero-order valence-electron chi connectivity index (χ0n) is 13.4. The van der Waals surface area contributed by atoms with E-state index in [0.29, 0.717) is 0 Å². The van der Waals surface area contributed by atoms with Crippen molar-refractivity contribution in [2.45, 2.75) is 77.7 Å². The predicted octanol–water partition coefficient (Wildman–Crippen LogP) is 1.10. The smallest absolute Gasteiger partial charge is 0.323 e. The number of carbonyl (C=O) groups is 2. The van der Waals surface area contributed by atoms with Crippen LogP contribution < -0.4 is 11.5 Å². The fourth-order valence-electron chi connectivity index (χ4n) is 1.35. The Labute approximate surface area is 121 Å². The molecule has 0 rings (SSSR count). The maximum absolute atomic E-state index is 11.7. The average molecular weight is 288 g/mol. The molecule has 0 aromatic carbocycles. The molecule has 2 unspecified atom stereocenters. The topological polar surface area (TPSA) is 105 Å². The average Bonchev–Trinajstić information content (AvgIpc) is 2.20. The molecular formula is C14H28N2O4. The van der Waals surface area contributed by atoms with Gasteiger partial charge in [-0.2, -0.15) is 0 Å². The molecule has 0 radical (unpaired) electrons. The van der Waals surface area contributed by atoms with E-state index in [1.165, 1.54) is 0 Å². The van der Waals surface area contributed by atoms with Crippen LogP contribution in [0.3, 0.4) is 0 Å². The molecule has 2 atom stereocenters. The van der Waals surface area contributed by atoms with Gasteiger partial charge in [0.1, 0.15) is 23.3 Å². The van der Waals surface area contributed by atoms with Crippen molar-refractivity contribution < 1.29 is 19.1 Å². The molecule has 0 aliphatic carbocycles. The van der Waals surface area contributed by atoms with Crippen LogP contribution >= 0.6 is 0 Å². The van der Waals surface area contributed by atoms with Crippen LogP contribution in [-0.4, -0.2) is 35.2 Å². The number of hydrogen-bond donors (Lipinski definition) is 2. The van der Waals surface area contributed by atoms with E-state index in [4.69, 9.17) is 20.9 Å². The summed E-state index contributed by atoms with van der Waals surface area (Å²) in [5.74, 6) is -0.984. The number of nitrogens with two attached hydrogens (primary N) is 2. The Hall–Kier alpha value is -1.14. The zero-order valence-corrected chi connectivity index (χ0v) is 13.4. The van der Waals surface area contributed by atoms with Crippen molar-refractivity contribution in [1.29, 1.82) is 0 Å². The number of hydrogen-bond acceptors (Lipinski definition) is 6. The Kier molecular flexibility index (Phi) is 6.64. The Bertz CT molecular complexity index is 308. The lowest BCUT2D eigenvalue weighted by atomic mass is 10.1. The summed E-state index contributed by atoms with van der Waals surface area (Å²) in [7, 11) is 0. The standard InChI is InChI=1S/C14H28N2O4/c1-13(2,3)19-11(17)9(15)7-8-10(16)12(18)20-14(4,5)6/h9-10H,7-8,15-16H2,1-6H3. The van der Waals surface area contributed by atoms with E-state index in [-0.39, 0.29) is 12.8 Å². The van der Waals surface area contributed by atoms with Gasteiger partial charge in [0.2, 0.25) is 0 Å². The van der Waals surface area contributed by atoms with E-state index in [1.54, 1.807) is 41.5 Å². The van der Waals surface area contributed by atoms with Crippen LogP contribution in [0.1, 0.15) is 54.4 Å². The van der Waals surface area contributed by atoms with Crippen LogP contribution in [0.15, 0.2) is 0 Å². The summed E-state index contributed by atoms with van der Waals surface area (Å²) in [5.41, 5.74) is 10.3. The maximum atomic E-state index is 11.7. The molecule has 20 heavy (non-hydrogen) atoms. The van der Waals surface area contributed by atoms with Gasteiger partial charge in [0.05, 0.1) is 0 Å². The molecule has 0 saturated carbocycles. The molecule has 6 heteroatoms. The maximum Gasteiger partial charge on any atom is 0.323 e. The summed E-state index contributed by atoms with van der Waals surface area (Å²) < 4.78 is 10.3. The fourth-order valence-corrected chi connectivity index (χ4v) is 1.35. The molecular weight excluding hydrogens is 260 g/mol. The second-order valence-electron chi connectivity index (χ2n) is 6.86. The molecule has 0 fully saturated rings. The summed E-state index contributed by atoms with van der Waals surface area (Å²) in [6.45, 7) is 10.6. The summed E-state index contributed by atoms with van der Waals surface area (Å²) in [6.07, 6.45) is 0.546. The minimum atomic E-state index is -0.789. The molecule has 0 saturated heterocycles. The third kappa shape index (κ3) is 8.87. The Morgan fingerprint density at radius 3 is 1.25 bits per heavy atom. The van der Waals surface area contributed by atoms with Crippen molar-refractivity contribution >= 4 is 11.9 Å². The summed E-state index contributed by atoms with van der Waals surface area (Å²) in [6, 6.07) is -1.58. The van der Waals surface area contributed by atoms with Crippen molar-refractivity contribution in [1.82, 2.24) is 0 Å². The van der Waals surface area contributed by atoms with Crippen molar-refractivity contribution in [3.8, 4) is 0 Å². The Morgan fingerprint density at radius 2 is 1.05 bits per heavy atom. The van der Waals surface area contributed by atoms with Crippen LogP contribution in [0.5, 0.6) is 0 Å². The van der Waals surface area contributed by atoms with E-state index >= 15 is 0 Å². The minimum Gasteiger partial charge on any atom is -0.459 e. The monoisotopic (exact) mass is 288 g/mol. The number of ether oxygens (including phenoxy) is 2. The van der Waals surface area contributed by atoms with Crippen LogP contribution in [0.2, 0.25) is 0 Å². The highest BCUT2D eigenvalue weighted by Gasteiger charge is 2.26. The molecule has 0 aromatic heterocycles. The third-order valence-electron chi connectivity index (χ3n) is 2.21. The van der Waals surface area contributed by atoms with Crippen molar-refractivity contribution in [3.05, 3.63) is 0 Å². The van der Waals surface area contributed by atoms with Gasteiger partial charge in [-0.3, -0.25) is 9.59 Å². The Balaban J connectivity index is 4.21. The molecule has 0 spiro atoms. The summed E-state index contributed by atoms with van der Waals surface area (Å²) in [4.78, 5) is 23.3. The third-order valence-corrected chi connectivity index (χ3v) is 2.21. The van der Waals surface area contributed by atoms with Gasteiger partial charge in [-0.15, -0.1) is 0 Å². The highest BCUT2D eigenvalue weighted by molar-refractivity contribution is 5.77. The lowest BCUT2D eigenvalue weighted by Gasteiger charge is -2.24. The van der Waals surface area contributed by atoms with Gasteiger partial charge in [-0.1, -0.05) is 0 Å². The molecule has 0 aliphatic heterocycles. The van der Waals surface area contributed by atoms with Crippen LogP contribution in [0, 0.1) is 0 Å². The van der Waals surface area contributed by atoms with Crippen molar-refractivity contribution in [2.24, 2.45) is 11.5 Å². The first-order chi connectivity index (χ1) is 8.82. The van der Waals surface area contributed by atoms with E-state index in [1.807, 2.05) is 0 Å². The van der Waals surface area contributed by atoms with Gasteiger partial charge < -0.3 is 20.9 Å². The molecule has 4 N–H and O–H groups in total. The molecule has 0 aliphatic rings. The van der Waals surface area contributed by atoms with Gasteiger partial charge in [0.15, 0.2) is 0 Å². The van der Waals surface area contributed by atoms with Gasteiger partial charge in [0, 0.05) is 0 Å². The molecule has 0 bridgehead atoms. The van der Waals surface area contributed by atoms with Gasteiger partial charge >= 0.3 is 11.9 Å². The first-order valence-electron chi connectivity index (χ1n) is 6.79. The second-order valence-corrected chi connectivity index (χ2v) is 6.86. The predicted molar refractivity (Wildman–Crippen MR) is 76.9 cm³/mol. The normalized spacial score (nSPS) is 15.4. The van der Waals surface area contributed by atoms with Crippen LogP contribution in [0.4, 0.5) is 0 Å². The molecule has 0 aromatic rings. The minimum absolute atomic E-state index is 0.273. The summed E-state index contributed by atoms with van der Waals surface area (Å²) >= 11 is 0. The first kappa shape index (κ1) is 18.9. The lowest BCUT2D eigenvalue weighted by molar-refractivity contribution is -0.159. The zero-order chi connectivity index (χ0) is 16.1. The van der Waals surface area contributed by atoms with Gasteiger partial charge in [-0.25, -0.2) is 0 Å². The number of esters is 2. The van der Waals surface area contributed by atoms with Crippen LogP contribution in [0.25, 0.3) is 0 Å². The van der Waals surface area contributed by atoms with Crippen LogP contribution in [-0.2, 0) is 19.1 Å².